The fourth-order valence-electron chi connectivity index (χ4n) is 2.85. The van der Waals surface area contributed by atoms with Gasteiger partial charge in [-0.15, -0.1) is 0 Å². The monoisotopic (exact) mass is 338 g/mol. The number of carbonyl (C=O) groups excluding carboxylic acids is 2. The summed E-state index contributed by atoms with van der Waals surface area (Å²) in [6.45, 7) is 2.40. The van der Waals surface area contributed by atoms with Gasteiger partial charge in [0, 0.05) is 12.7 Å². The zero-order valence-corrected chi connectivity index (χ0v) is 14.5. The van der Waals surface area contributed by atoms with Gasteiger partial charge in [0.25, 0.3) is 0 Å². The molecular weight excluding hydrogens is 316 g/mol. The summed E-state index contributed by atoms with van der Waals surface area (Å²) in [6.07, 6.45) is 1.12. The molecule has 0 aromatic heterocycles. The van der Waals surface area contributed by atoms with Crippen molar-refractivity contribution in [2.45, 2.75) is 19.8 Å². The van der Waals surface area contributed by atoms with Gasteiger partial charge in [0.15, 0.2) is 0 Å². The number of ether oxygens (including phenoxy) is 1. The van der Waals surface area contributed by atoms with Crippen LogP contribution in [0.2, 0.25) is 0 Å². The normalized spacial score (nSPS) is 14.5. The molecule has 5 nitrogen and oxygen atoms in total. The van der Waals surface area contributed by atoms with Crippen molar-refractivity contribution in [3.8, 4) is 5.75 Å². The van der Waals surface area contributed by atoms with Crippen LogP contribution in [0.25, 0.3) is 0 Å². The van der Waals surface area contributed by atoms with E-state index >= 15 is 0 Å². The first-order valence-corrected chi connectivity index (χ1v) is 8.45. The molecule has 0 heterocycles. The molecule has 1 saturated carbocycles. The molecule has 3 rings (SSSR count). The highest BCUT2D eigenvalue weighted by Gasteiger charge is 2.57. The molecule has 0 atom stereocenters. The van der Waals surface area contributed by atoms with Gasteiger partial charge in [-0.25, -0.2) is 0 Å². The van der Waals surface area contributed by atoms with Crippen LogP contribution in [0.5, 0.6) is 5.75 Å². The van der Waals surface area contributed by atoms with Crippen molar-refractivity contribution >= 4 is 23.2 Å². The Morgan fingerprint density at radius 3 is 2.36 bits per heavy atom. The second kappa shape index (κ2) is 6.97. The van der Waals surface area contributed by atoms with Crippen molar-refractivity contribution in [1.29, 1.82) is 0 Å². The summed E-state index contributed by atoms with van der Waals surface area (Å²) >= 11 is 0. The fourth-order valence-corrected chi connectivity index (χ4v) is 2.85. The lowest BCUT2D eigenvalue weighted by Crippen LogP contribution is -2.41. The molecular formula is C20H22N2O3. The fraction of sp³-hybridized carbons (Fsp3) is 0.300. The predicted molar refractivity (Wildman–Crippen MR) is 97.8 cm³/mol. The summed E-state index contributed by atoms with van der Waals surface area (Å²) in [6, 6.07) is 16.6. The van der Waals surface area contributed by atoms with Gasteiger partial charge in [-0.3, -0.25) is 9.59 Å². The van der Waals surface area contributed by atoms with Gasteiger partial charge in [0.05, 0.1) is 12.3 Å². The number of hydrogen-bond acceptors (Lipinski definition) is 3. The molecule has 1 fully saturated rings. The van der Waals surface area contributed by atoms with E-state index in [1.807, 2.05) is 49.4 Å². The molecule has 2 amide bonds. The number of hydrogen-bond donors (Lipinski definition) is 1. The van der Waals surface area contributed by atoms with Gasteiger partial charge in [0.1, 0.15) is 11.2 Å². The second-order valence-electron chi connectivity index (χ2n) is 6.17. The molecule has 130 valence electrons. The molecule has 2 aromatic rings. The van der Waals surface area contributed by atoms with Crippen LogP contribution in [-0.2, 0) is 9.59 Å². The Balaban J connectivity index is 1.77. The molecule has 1 aliphatic rings. The molecule has 25 heavy (non-hydrogen) atoms. The van der Waals surface area contributed by atoms with Crippen molar-refractivity contribution in [2.75, 3.05) is 23.9 Å². The first-order chi connectivity index (χ1) is 12.1. The molecule has 1 aliphatic carbocycles. The third-order valence-corrected chi connectivity index (χ3v) is 4.48. The average Bonchev–Trinajstić information content (AvgIpc) is 3.45. The van der Waals surface area contributed by atoms with Crippen LogP contribution in [0.15, 0.2) is 54.6 Å². The number of para-hydroxylation sites is 3. The lowest BCUT2D eigenvalue weighted by atomic mass is 10.0. The minimum atomic E-state index is -0.982. The molecule has 0 unspecified atom stereocenters. The maximum atomic E-state index is 12.9. The zero-order valence-electron chi connectivity index (χ0n) is 14.5. The van der Waals surface area contributed by atoms with E-state index in [4.69, 9.17) is 4.74 Å². The molecule has 0 bridgehead atoms. The Hall–Kier alpha value is -2.82. The van der Waals surface area contributed by atoms with Crippen LogP contribution in [-0.4, -0.2) is 25.5 Å². The van der Waals surface area contributed by atoms with Crippen molar-refractivity contribution in [3.05, 3.63) is 54.6 Å². The number of carbonyl (C=O) groups is 2. The minimum Gasteiger partial charge on any atom is -0.492 e. The van der Waals surface area contributed by atoms with E-state index in [1.54, 1.807) is 24.1 Å². The molecule has 0 radical (unpaired) electrons. The summed E-state index contributed by atoms with van der Waals surface area (Å²) in [7, 11) is 1.71. The summed E-state index contributed by atoms with van der Waals surface area (Å²) < 4.78 is 5.54. The van der Waals surface area contributed by atoms with Crippen LogP contribution < -0.4 is 15.0 Å². The van der Waals surface area contributed by atoms with E-state index in [-0.39, 0.29) is 11.8 Å². The first-order valence-electron chi connectivity index (χ1n) is 8.45. The third kappa shape index (κ3) is 3.36. The van der Waals surface area contributed by atoms with Crippen molar-refractivity contribution in [3.63, 3.8) is 0 Å². The minimum absolute atomic E-state index is 0.176. The maximum Gasteiger partial charge on any atom is 0.242 e. The number of benzene rings is 2. The van der Waals surface area contributed by atoms with E-state index < -0.39 is 5.41 Å². The highest BCUT2D eigenvalue weighted by Crippen LogP contribution is 2.48. The quantitative estimate of drug-likeness (QED) is 0.821. The van der Waals surface area contributed by atoms with Gasteiger partial charge in [-0.05, 0) is 44.0 Å². The van der Waals surface area contributed by atoms with Gasteiger partial charge in [0.2, 0.25) is 11.8 Å². The Labute approximate surface area is 147 Å². The van der Waals surface area contributed by atoms with Gasteiger partial charge >= 0.3 is 0 Å². The second-order valence-corrected chi connectivity index (χ2v) is 6.17. The largest absolute Gasteiger partial charge is 0.492 e. The lowest BCUT2D eigenvalue weighted by Gasteiger charge is -2.23. The number of anilines is 2. The number of nitrogens with one attached hydrogen (secondary N) is 1. The number of amides is 2. The van der Waals surface area contributed by atoms with Crippen molar-refractivity contribution in [2.24, 2.45) is 5.41 Å². The Morgan fingerprint density at radius 2 is 1.72 bits per heavy atom. The van der Waals surface area contributed by atoms with Crippen molar-refractivity contribution in [1.82, 2.24) is 0 Å². The van der Waals surface area contributed by atoms with E-state index in [2.05, 4.69) is 5.32 Å². The summed E-state index contributed by atoms with van der Waals surface area (Å²) in [5.41, 5.74) is 0.390. The SMILES string of the molecule is CCOc1ccccc1NC(=O)C1(C(=O)N(C)c2ccccc2)CC1. The highest BCUT2D eigenvalue weighted by molar-refractivity contribution is 6.17. The van der Waals surface area contributed by atoms with Crippen LogP contribution in [0.1, 0.15) is 19.8 Å². The van der Waals surface area contributed by atoms with Crippen LogP contribution in [0, 0.1) is 5.41 Å². The Bertz CT molecular complexity index is 770. The van der Waals surface area contributed by atoms with Crippen LogP contribution in [0.4, 0.5) is 11.4 Å². The van der Waals surface area contributed by atoms with Gasteiger partial charge < -0.3 is 15.0 Å². The highest BCUT2D eigenvalue weighted by atomic mass is 16.5. The maximum absolute atomic E-state index is 12.9. The standard InChI is InChI=1S/C20H22N2O3/c1-3-25-17-12-8-7-11-16(17)21-18(23)20(13-14-20)19(24)22(2)15-9-5-4-6-10-15/h4-12H,3,13-14H2,1-2H3,(H,21,23). The molecule has 0 saturated heterocycles. The van der Waals surface area contributed by atoms with E-state index in [0.29, 0.717) is 30.9 Å². The van der Waals surface area contributed by atoms with Crippen LogP contribution >= 0.6 is 0 Å². The lowest BCUT2D eigenvalue weighted by molar-refractivity contribution is -0.132. The average molecular weight is 338 g/mol. The first kappa shape index (κ1) is 17.0. The Kier molecular flexibility index (Phi) is 4.74. The predicted octanol–water partition coefficient (Wildman–Crippen LogP) is 3.47. The van der Waals surface area contributed by atoms with Crippen LogP contribution in [0.3, 0.4) is 0 Å². The van der Waals surface area contributed by atoms with E-state index in [1.165, 1.54) is 0 Å². The molecule has 2 aromatic carbocycles. The summed E-state index contributed by atoms with van der Waals surface area (Å²) in [5, 5.41) is 2.87. The molecule has 5 heteroatoms. The zero-order chi connectivity index (χ0) is 17.9. The summed E-state index contributed by atoms with van der Waals surface area (Å²) in [4.78, 5) is 27.3. The molecule has 1 N–H and O–H groups in total. The van der Waals surface area contributed by atoms with E-state index in [0.717, 1.165) is 5.69 Å². The third-order valence-electron chi connectivity index (χ3n) is 4.48. The van der Waals surface area contributed by atoms with Gasteiger partial charge in [-0.1, -0.05) is 30.3 Å². The summed E-state index contributed by atoms with van der Waals surface area (Å²) in [5.74, 6) is 0.163. The number of rotatable bonds is 6. The number of nitrogens with zero attached hydrogens (tertiary/aromatic N) is 1. The van der Waals surface area contributed by atoms with Crippen molar-refractivity contribution < 1.29 is 14.3 Å². The molecule has 0 aliphatic heterocycles. The van der Waals surface area contributed by atoms with E-state index in [9.17, 15) is 9.59 Å². The van der Waals surface area contributed by atoms with Gasteiger partial charge in [-0.2, -0.15) is 0 Å². The smallest absolute Gasteiger partial charge is 0.242 e. The topological polar surface area (TPSA) is 58.6 Å². The molecule has 0 spiro atoms. The Morgan fingerprint density at radius 1 is 1.08 bits per heavy atom.